The van der Waals surface area contributed by atoms with E-state index in [9.17, 15) is 23.9 Å². The molecule has 156 valence electrons. The number of thioether (sulfide) groups is 1. The average molecular weight is 437 g/mol. The fourth-order valence-electron chi connectivity index (χ4n) is 3.16. The molecule has 1 aliphatic rings. The lowest BCUT2D eigenvalue weighted by atomic mass is 10.1. The number of hydrogen-bond donors (Lipinski definition) is 2. The number of rotatable bonds is 5. The normalized spacial score (nSPS) is 15.6. The van der Waals surface area contributed by atoms with Gasteiger partial charge in [-0.25, -0.2) is 4.39 Å². The second-order valence-corrected chi connectivity index (χ2v) is 7.65. The first-order chi connectivity index (χ1) is 15.0. The van der Waals surface area contributed by atoms with E-state index in [1.807, 2.05) is 0 Å². The quantitative estimate of drug-likeness (QED) is 0.470. The lowest BCUT2D eigenvalue weighted by Gasteiger charge is -2.10. The Hall–Kier alpha value is -3.72. The number of halogens is 1. The summed E-state index contributed by atoms with van der Waals surface area (Å²) in [6.45, 7) is 0.121. The lowest BCUT2D eigenvalue weighted by molar-refractivity contribution is -0.122. The summed E-state index contributed by atoms with van der Waals surface area (Å²) in [4.78, 5) is 44.4. The molecular weight excluding hydrogens is 421 g/mol. The van der Waals surface area contributed by atoms with Crippen molar-refractivity contribution >= 4 is 46.0 Å². The van der Waals surface area contributed by atoms with Crippen LogP contribution in [-0.2, 0) is 4.79 Å². The Labute approximate surface area is 179 Å². The molecule has 9 heteroatoms. The summed E-state index contributed by atoms with van der Waals surface area (Å²) < 4.78 is 13.8. The predicted octanol–water partition coefficient (Wildman–Crippen LogP) is 3.53. The van der Waals surface area contributed by atoms with E-state index in [2.05, 4.69) is 9.98 Å². The third-order valence-electron chi connectivity index (χ3n) is 4.69. The molecular formula is C22H16FN3O4S. The molecule has 0 aliphatic carbocycles. The maximum Gasteiger partial charge on any atom is 0.293 e. The second-order valence-electron chi connectivity index (χ2n) is 6.65. The number of aromatic amines is 1. The summed E-state index contributed by atoms with van der Waals surface area (Å²) in [5.41, 5.74) is 0.153. The van der Waals surface area contributed by atoms with Crippen LogP contribution in [0.5, 0.6) is 5.88 Å². The van der Waals surface area contributed by atoms with Gasteiger partial charge in [-0.3, -0.25) is 29.3 Å². The smallest absolute Gasteiger partial charge is 0.293 e. The number of carbonyl (C=O) groups excluding carboxylic acids is 2. The van der Waals surface area contributed by atoms with Gasteiger partial charge in [-0.15, -0.1) is 0 Å². The van der Waals surface area contributed by atoms with Crippen LogP contribution in [0.4, 0.5) is 9.18 Å². The number of aliphatic imine (C=N–C) groups is 1. The maximum absolute atomic E-state index is 13.8. The monoisotopic (exact) mass is 437 g/mol. The van der Waals surface area contributed by atoms with E-state index in [1.54, 1.807) is 36.4 Å². The minimum Gasteiger partial charge on any atom is -0.494 e. The molecule has 4 rings (SSSR count). The van der Waals surface area contributed by atoms with Crippen molar-refractivity contribution in [3.8, 4) is 5.88 Å². The number of hydrogen-bond acceptors (Lipinski definition) is 6. The Kier molecular flexibility index (Phi) is 5.68. The van der Waals surface area contributed by atoms with Crippen LogP contribution < -0.4 is 5.56 Å². The van der Waals surface area contributed by atoms with Crippen molar-refractivity contribution in [3.63, 3.8) is 0 Å². The highest BCUT2D eigenvalue weighted by Crippen LogP contribution is 2.32. The predicted molar refractivity (Wildman–Crippen MR) is 118 cm³/mol. The Morgan fingerprint density at radius 1 is 1.06 bits per heavy atom. The maximum atomic E-state index is 13.8. The minimum absolute atomic E-state index is 0.0256. The van der Waals surface area contributed by atoms with E-state index in [-0.39, 0.29) is 29.4 Å². The van der Waals surface area contributed by atoms with Gasteiger partial charge in [0.25, 0.3) is 16.7 Å². The van der Waals surface area contributed by atoms with Crippen LogP contribution in [0, 0.1) is 5.82 Å². The van der Waals surface area contributed by atoms with E-state index < -0.39 is 22.5 Å². The molecule has 1 aliphatic heterocycles. The molecule has 31 heavy (non-hydrogen) atoms. The Balaban J connectivity index is 1.48. The van der Waals surface area contributed by atoms with Crippen LogP contribution in [0.1, 0.15) is 11.1 Å². The number of aromatic hydroxyl groups is 1. The Bertz CT molecular complexity index is 1320. The topological polar surface area (TPSA) is 103 Å². The molecule has 0 atom stereocenters. The number of pyridine rings is 1. The van der Waals surface area contributed by atoms with Gasteiger partial charge in [0, 0.05) is 29.1 Å². The molecule has 2 amide bonds. The standard InChI is InChI=1S/C22H16FN3O4S/c23-17-8-4-1-5-13(17)11-18-21(29)26(22(30)31-18)10-9-24-12-16-14-6-2-3-7-15(14)19(27)25-20(16)28/h1-8,11-12H,9-10H2,(H2,25,27,28)/b18-11-,24-12?. The molecule has 0 unspecified atom stereocenters. The van der Waals surface area contributed by atoms with Gasteiger partial charge in [0.1, 0.15) is 5.82 Å². The van der Waals surface area contributed by atoms with Crippen LogP contribution in [0.3, 0.4) is 0 Å². The first kappa shape index (κ1) is 20.5. The van der Waals surface area contributed by atoms with Crippen LogP contribution in [0.2, 0.25) is 0 Å². The molecule has 0 bridgehead atoms. The highest BCUT2D eigenvalue weighted by molar-refractivity contribution is 8.18. The van der Waals surface area contributed by atoms with E-state index in [0.717, 1.165) is 16.7 Å². The molecule has 0 saturated carbocycles. The number of fused-ring (bicyclic) bond motifs is 1. The van der Waals surface area contributed by atoms with Crippen molar-refractivity contribution < 1.29 is 19.1 Å². The van der Waals surface area contributed by atoms with Gasteiger partial charge in [-0.05, 0) is 30.0 Å². The Morgan fingerprint density at radius 2 is 1.77 bits per heavy atom. The summed E-state index contributed by atoms with van der Waals surface area (Å²) in [7, 11) is 0. The Morgan fingerprint density at radius 3 is 2.55 bits per heavy atom. The molecule has 3 aromatic rings. The summed E-state index contributed by atoms with van der Waals surface area (Å²) in [5.74, 6) is -1.30. The fraction of sp³-hybridized carbons (Fsp3) is 0.0909. The first-order valence-electron chi connectivity index (χ1n) is 9.29. The number of carbonyl (C=O) groups is 2. The van der Waals surface area contributed by atoms with E-state index >= 15 is 0 Å². The van der Waals surface area contributed by atoms with Gasteiger partial charge in [-0.2, -0.15) is 0 Å². The van der Waals surface area contributed by atoms with E-state index in [0.29, 0.717) is 16.3 Å². The summed E-state index contributed by atoms with van der Waals surface area (Å²) in [6.07, 6.45) is 2.75. The van der Waals surface area contributed by atoms with Gasteiger partial charge < -0.3 is 5.11 Å². The molecule has 2 N–H and O–H groups in total. The SMILES string of the molecule is O=C1S/C(=C\c2ccccc2F)C(=O)N1CCN=Cc1c(O)[nH]c(=O)c2ccccc12. The first-order valence-corrected chi connectivity index (χ1v) is 10.1. The number of benzene rings is 2. The minimum atomic E-state index is -0.509. The zero-order valence-corrected chi connectivity index (χ0v) is 16.9. The second kappa shape index (κ2) is 8.57. The number of amides is 2. The van der Waals surface area contributed by atoms with Crippen LogP contribution in [-0.4, -0.2) is 45.4 Å². The third-order valence-corrected chi connectivity index (χ3v) is 5.59. The van der Waals surface area contributed by atoms with Crippen molar-refractivity contribution in [1.82, 2.24) is 9.88 Å². The molecule has 0 radical (unpaired) electrons. The molecule has 1 saturated heterocycles. The number of H-pyrrole nitrogens is 1. The van der Waals surface area contributed by atoms with E-state index in [4.69, 9.17) is 0 Å². The highest BCUT2D eigenvalue weighted by atomic mass is 32.2. The van der Waals surface area contributed by atoms with Crippen molar-refractivity contribution in [2.75, 3.05) is 13.1 Å². The van der Waals surface area contributed by atoms with Crippen LogP contribution in [0.15, 0.2) is 63.2 Å². The van der Waals surface area contributed by atoms with Gasteiger partial charge in [0.15, 0.2) is 0 Å². The van der Waals surface area contributed by atoms with Crippen molar-refractivity contribution in [1.29, 1.82) is 0 Å². The van der Waals surface area contributed by atoms with Crippen LogP contribution in [0.25, 0.3) is 16.8 Å². The van der Waals surface area contributed by atoms with Crippen molar-refractivity contribution in [2.45, 2.75) is 0 Å². The summed E-state index contributed by atoms with van der Waals surface area (Å²) in [5, 5.41) is 10.6. The number of nitrogens with one attached hydrogen (secondary N) is 1. The van der Waals surface area contributed by atoms with E-state index in [1.165, 1.54) is 24.4 Å². The molecule has 2 heterocycles. The lowest BCUT2D eigenvalue weighted by Crippen LogP contribution is -2.30. The zero-order valence-electron chi connectivity index (χ0n) is 16.0. The number of nitrogens with zero attached hydrogens (tertiary/aromatic N) is 2. The number of imide groups is 1. The molecule has 1 aromatic heterocycles. The highest BCUT2D eigenvalue weighted by Gasteiger charge is 2.34. The summed E-state index contributed by atoms with van der Waals surface area (Å²) in [6, 6.07) is 12.8. The van der Waals surface area contributed by atoms with Crippen molar-refractivity contribution in [3.05, 3.63) is 80.7 Å². The molecule has 2 aromatic carbocycles. The average Bonchev–Trinajstić information content (AvgIpc) is 3.02. The van der Waals surface area contributed by atoms with Gasteiger partial charge in [0.2, 0.25) is 5.88 Å². The zero-order chi connectivity index (χ0) is 22.0. The van der Waals surface area contributed by atoms with Gasteiger partial charge in [0.05, 0.1) is 17.0 Å². The van der Waals surface area contributed by atoms with Crippen LogP contribution >= 0.6 is 11.8 Å². The van der Waals surface area contributed by atoms with Crippen molar-refractivity contribution in [2.24, 2.45) is 4.99 Å². The third kappa shape index (κ3) is 4.13. The molecule has 7 nitrogen and oxygen atoms in total. The van der Waals surface area contributed by atoms with Gasteiger partial charge in [-0.1, -0.05) is 36.4 Å². The largest absolute Gasteiger partial charge is 0.494 e. The number of aromatic nitrogens is 1. The molecule has 0 spiro atoms. The summed E-state index contributed by atoms with van der Waals surface area (Å²) >= 11 is 0.746. The van der Waals surface area contributed by atoms with Gasteiger partial charge >= 0.3 is 0 Å². The molecule has 1 fully saturated rings. The fourth-order valence-corrected chi connectivity index (χ4v) is 4.01.